The van der Waals surface area contributed by atoms with Gasteiger partial charge >= 0.3 is 5.97 Å². The molecule has 0 spiro atoms. The van der Waals surface area contributed by atoms with Gasteiger partial charge in [0.15, 0.2) is 0 Å². The van der Waals surface area contributed by atoms with Gasteiger partial charge in [-0.05, 0) is 36.1 Å². The summed E-state index contributed by atoms with van der Waals surface area (Å²) in [7, 11) is 0. The predicted molar refractivity (Wildman–Crippen MR) is 82.8 cm³/mol. The van der Waals surface area contributed by atoms with Crippen LogP contribution in [0, 0.1) is 5.92 Å². The van der Waals surface area contributed by atoms with E-state index in [-0.39, 0.29) is 17.7 Å². The smallest absolute Gasteiger partial charge is 0.330 e. The van der Waals surface area contributed by atoms with E-state index in [1.54, 1.807) is 11.8 Å². The quantitative estimate of drug-likeness (QED) is 0.892. The van der Waals surface area contributed by atoms with Gasteiger partial charge in [-0.1, -0.05) is 29.8 Å². The summed E-state index contributed by atoms with van der Waals surface area (Å²) in [5, 5.41) is 12.8. The molecule has 1 aliphatic carbocycles. The second kappa shape index (κ2) is 5.54. The van der Waals surface area contributed by atoms with Crippen LogP contribution in [0.2, 0.25) is 5.02 Å². The molecular formula is C15H16ClNO3S. The maximum Gasteiger partial charge on any atom is 0.330 e. The Kier molecular flexibility index (Phi) is 3.88. The van der Waals surface area contributed by atoms with E-state index in [0.29, 0.717) is 17.2 Å². The fraction of sp³-hybridized carbons (Fsp3) is 0.467. The van der Waals surface area contributed by atoms with Crippen LogP contribution >= 0.6 is 23.4 Å². The second-order valence-corrected chi connectivity index (χ2v) is 7.16. The number of carbonyl (C=O) groups is 2. The molecule has 1 saturated carbocycles. The molecule has 1 saturated heterocycles. The summed E-state index contributed by atoms with van der Waals surface area (Å²) in [4.78, 5) is 23.8. The first-order valence-electron chi connectivity index (χ1n) is 6.91. The van der Waals surface area contributed by atoms with Crippen molar-refractivity contribution in [1.82, 2.24) is 5.32 Å². The topological polar surface area (TPSA) is 66.4 Å². The van der Waals surface area contributed by atoms with Gasteiger partial charge < -0.3 is 10.4 Å². The number of carbonyl (C=O) groups excluding carboxylic acids is 1. The van der Waals surface area contributed by atoms with Crippen molar-refractivity contribution >= 4 is 35.2 Å². The highest BCUT2D eigenvalue weighted by molar-refractivity contribution is 7.99. The second-order valence-electron chi connectivity index (χ2n) is 5.65. The minimum absolute atomic E-state index is 0.110. The molecule has 0 aromatic heterocycles. The molecule has 6 heteroatoms. The highest BCUT2D eigenvalue weighted by atomic mass is 35.5. The van der Waals surface area contributed by atoms with E-state index >= 15 is 0 Å². The van der Waals surface area contributed by atoms with Gasteiger partial charge in [0.2, 0.25) is 5.91 Å². The molecule has 1 aliphatic heterocycles. The lowest BCUT2D eigenvalue weighted by Crippen LogP contribution is -2.55. The minimum atomic E-state index is -1.09. The Labute approximate surface area is 132 Å². The zero-order chi connectivity index (χ0) is 15.0. The van der Waals surface area contributed by atoms with Crippen LogP contribution in [0.5, 0.6) is 0 Å². The van der Waals surface area contributed by atoms with Crippen LogP contribution in [0.1, 0.15) is 24.3 Å². The number of hydrogen-bond donors (Lipinski definition) is 2. The van der Waals surface area contributed by atoms with Crippen LogP contribution in [-0.4, -0.2) is 34.0 Å². The molecule has 0 bridgehead atoms. The zero-order valence-electron chi connectivity index (χ0n) is 11.3. The first kappa shape index (κ1) is 14.7. The number of carboxylic acids is 1. The number of amides is 1. The molecule has 3 atom stereocenters. The van der Waals surface area contributed by atoms with E-state index in [1.165, 1.54) is 0 Å². The van der Waals surface area contributed by atoms with E-state index in [0.717, 1.165) is 17.7 Å². The molecule has 2 aliphatic rings. The lowest BCUT2D eigenvalue weighted by molar-refractivity contribution is -0.146. The molecule has 3 unspecified atom stereocenters. The van der Waals surface area contributed by atoms with Crippen molar-refractivity contribution in [3.05, 3.63) is 34.9 Å². The number of hydrogen-bond acceptors (Lipinski definition) is 3. The van der Waals surface area contributed by atoms with Crippen LogP contribution in [0.15, 0.2) is 24.3 Å². The highest BCUT2D eigenvalue weighted by Gasteiger charge is 2.50. The normalized spacial score (nSPS) is 30.9. The molecule has 2 fully saturated rings. The standard InChI is InChI=1S/C15H16ClNO3S/c16-12-4-2-1-3-9(12)10-7-11(10)13(18)17-15(14(19)20)5-6-21-8-15/h1-4,10-11H,5-8H2,(H,17,18)(H,19,20). The maximum atomic E-state index is 12.3. The summed E-state index contributed by atoms with van der Waals surface area (Å²) in [6.45, 7) is 0. The molecule has 0 radical (unpaired) electrons. The predicted octanol–water partition coefficient (Wildman–Crippen LogP) is 2.52. The van der Waals surface area contributed by atoms with Crippen molar-refractivity contribution in [3.8, 4) is 0 Å². The van der Waals surface area contributed by atoms with Gasteiger partial charge in [0.05, 0.1) is 0 Å². The SMILES string of the molecule is O=C(NC1(C(=O)O)CCSC1)C1CC1c1ccccc1Cl. The van der Waals surface area contributed by atoms with Gasteiger partial charge in [0.1, 0.15) is 5.54 Å². The van der Waals surface area contributed by atoms with Crippen molar-refractivity contribution in [1.29, 1.82) is 0 Å². The Morgan fingerprint density at radius 2 is 2.14 bits per heavy atom. The van der Waals surface area contributed by atoms with Crippen molar-refractivity contribution in [3.63, 3.8) is 0 Å². The Bertz CT molecular complexity index is 586. The van der Waals surface area contributed by atoms with Gasteiger partial charge in [-0.2, -0.15) is 11.8 Å². The van der Waals surface area contributed by atoms with E-state index in [9.17, 15) is 14.7 Å². The fourth-order valence-electron chi connectivity index (χ4n) is 2.82. The van der Waals surface area contributed by atoms with Crippen molar-refractivity contribution in [2.75, 3.05) is 11.5 Å². The Balaban J connectivity index is 1.68. The largest absolute Gasteiger partial charge is 0.479 e. The van der Waals surface area contributed by atoms with Gasteiger partial charge in [0, 0.05) is 16.7 Å². The molecule has 4 nitrogen and oxygen atoms in total. The summed E-state index contributed by atoms with van der Waals surface area (Å²) in [6, 6.07) is 7.51. The number of rotatable bonds is 4. The number of benzene rings is 1. The van der Waals surface area contributed by atoms with Crippen LogP contribution in [0.3, 0.4) is 0 Å². The molecule has 1 aromatic carbocycles. The third kappa shape index (κ3) is 2.77. The molecule has 2 N–H and O–H groups in total. The summed E-state index contributed by atoms with van der Waals surface area (Å²) in [5.74, 6) is 0.0638. The van der Waals surface area contributed by atoms with Gasteiger partial charge in [-0.25, -0.2) is 4.79 Å². The maximum absolute atomic E-state index is 12.3. The average molecular weight is 326 g/mol. The lowest BCUT2D eigenvalue weighted by atomic mass is 9.98. The summed E-state index contributed by atoms with van der Waals surface area (Å²) in [5.41, 5.74) is -0.112. The minimum Gasteiger partial charge on any atom is -0.479 e. The molecule has 3 rings (SSSR count). The van der Waals surface area contributed by atoms with Crippen molar-refractivity contribution in [2.45, 2.75) is 24.3 Å². The molecule has 1 aromatic rings. The zero-order valence-corrected chi connectivity index (χ0v) is 12.9. The van der Waals surface area contributed by atoms with E-state index in [2.05, 4.69) is 5.32 Å². The Morgan fingerprint density at radius 3 is 2.76 bits per heavy atom. The molecule has 1 amide bonds. The summed E-state index contributed by atoms with van der Waals surface area (Å²) in [6.07, 6.45) is 1.22. The number of halogens is 1. The third-order valence-electron chi connectivity index (χ3n) is 4.23. The Morgan fingerprint density at radius 1 is 1.38 bits per heavy atom. The van der Waals surface area contributed by atoms with E-state index in [1.807, 2.05) is 24.3 Å². The van der Waals surface area contributed by atoms with Crippen LogP contribution in [0.4, 0.5) is 0 Å². The first-order chi connectivity index (χ1) is 10.0. The van der Waals surface area contributed by atoms with Crippen molar-refractivity contribution in [2.24, 2.45) is 5.92 Å². The summed E-state index contributed by atoms with van der Waals surface area (Å²) < 4.78 is 0. The van der Waals surface area contributed by atoms with E-state index < -0.39 is 11.5 Å². The first-order valence-corrected chi connectivity index (χ1v) is 8.44. The van der Waals surface area contributed by atoms with Gasteiger partial charge in [0.25, 0.3) is 0 Å². The summed E-state index contributed by atoms with van der Waals surface area (Å²) >= 11 is 7.71. The molecular weight excluding hydrogens is 310 g/mol. The van der Waals surface area contributed by atoms with Gasteiger partial charge in [-0.15, -0.1) is 0 Å². The van der Waals surface area contributed by atoms with Gasteiger partial charge in [-0.3, -0.25) is 4.79 Å². The number of thioether (sulfide) groups is 1. The number of aliphatic carboxylic acids is 1. The van der Waals surface area contributed by atoms with Crippen LogP contribution in [0.25, 0.3) is 0 Å². The van der Waals surface area contributed by atoms with Crippen LogP contribution < -0.4 is 5.32 Å². The lowest BCUT2D eigenvalue weighted by Gasteiger charge is -2.24. The van der Waals surface area contributed by atoms with E-state index in [4.69, 9.17) is 11.6 Å². The molecule has 1 heterocycles. The highest BCUT2D eigenvalue weighted by Crippen LogP contribution is 2.50. The van der Waals surface area contributed by atoms with Crippen molar-refractivity contribution < 1.29 is 14.7 Å². The number of nitrogens with one attached hydrogen (secondary N) is 1. The fourth-order valence-corrected chi connectivity index (χ4v) is 4.42. The third-order valence-corrected chi connectivity index (χ3v) is 5.76. The monoisotopic (exact) mass is 325 g/mol. The molecule has 112 valence electrons. The van der Waals surface area contributed by atoms with Crippen LogP contribution in [-0.2, 0) is 9.59 Å². The average Bonchev–Trinajstić information content (AvgIpc) is 3.11. The Hall–Kier alpha value is -1.20. The number of carboxylic acid groups (broad SMARTS) is 1. The molecule has 21 heavy (non-hydrogen) atoms.